The van der Waals surface area contributed by atoms with E-state index in [0.29, 0.717) is 6.54 Å². The molecule has 1 aromatic heterocycles. The average Bonchev–Trinajstić information content (AvgIpc) is 2.87. The van der Waals surface area contributed by atoms with E-state index in [4.69, 9.17) is 4.74 Å². The van der Waals surface area contributed by atoms with Crippen molar-refractivity contribution in [2.75, 3.05) is 6.54 Å². The third kappa shape index (κ3) is 2.64. The fourth-order valence-corrected chi connectivity index (χ4v) is 4.82. The molecule has 0 saturated carbocycles. The molecule has 2 atom stereocenters. The Morgan fingerprint density at radius 2 is 1.69 bits per heavy atom. The summed E-state index contributed by atoms with van der Waals surface area (Å²) in [6.45, 7) is 4.52. The molecule has 29 heavy (non-hydrogen) atoms. The van der Waals surface area contributed by atoms with Gasteiger partial charge in [-0.2, -0.15) is 0 Å². The van der Waals surface area contributed by atoms with E-state index in [-0.39, 0.29) is 11.9 Å². The van der Waals surface area contributed by atoms with Crippen LogP contribution in [0.5, 0.6) is 6.01 Å². The molecule has 0 N–H and O–H groups in total. The standard InChI is InChI=1S/C24H23N3O2/c1-16-15-17(2)26-23(25-16)29-21-22(28)27-14-8-10-18-9-6-7-13-20(18)24(21,27)19-11-4-3-5-12-19/h3-7,9,11-13,15,21H,8,10,14H2,1-2H3/t21-,24+/m1/s1. The lowest BCUT2D eigenvalue weighted by atomic mass is 9.69. The fourth-order valence-electron chi connectivity index (χ4n) is 4.82. The predicted octanol–water partition coefficient (Wildman–Crippen LogP) is 3.57. The van der Waals surface area contributed by atoms with Crippen LogP contribution in [-0.2, 0) is 16.8 Å². The minimum absolute atomic E-state index is 0.00619. The van der Waals surface area contributed by atoms with Crippen LogP contribution in [0, 0.1) is 13.8 Å². The summed E-state index contributed by atoms with van der Waals surface area (Å²) in [7, 11) is 0. The van der Waals surface area contributed by atoms with Crippen LogP contribution in [-0.4, -0.2) is 33.4 Å². The number of hydrogen-bond acceptors (Lipinski definition) is 4. The van der Waals surface area contributed by atoms with Gasteiger partial charge in [0.2, 0.25) is 6.10 Å². The second-order valence-corrected chi connectivity index (χ2v) is 7.81. The summed E-state index contributed by atoms with van der Waals surface area (Å²) in [6.07, 6.45) is 1.19. The van der Waals surface area contributed by atoms with E-state index in [9.17, 15) is 4.79 Å². The zero-order valence-corrected chi connectivity index (χ0v) is 16.6. The van der Waals surface area contributed by atoms with Gasteiger partial charge in [0.1, 0.15) is 5.54 Å². The molecule has 0 bridgehead atoms. The zero-order chi connectivity index (χ0) is 20.0. The first-order valence-electron chi connectivity index (χ1n) is 10.0. The lowest BCUT2D eigenvalue weighted by Gasteiger charge is -2.56. The highest BCUT2D eigenvalue weighted by atomic mass is 16.5. The van der Waals surface area contributed by atoms with Gasteiger partial charge in [-0.25, -0.2) is 9.97 Å². The lowest BCUT2D eigenvalue weighted by Crippen LogP contribution is -2.74. The van der Waals surface area contributed by atoms with Crippen molar-refractivity contribution in [3.63, 3.8) is 0 Å². The largest absolute Gasteiger partial charge is 0.447 e. The van der Waals surface area contributed by atoms with Crippen molar-refractivity contribution in [3.8, 4) is 6.01 Å². The molecular weight excluding hydrogens is 362 g/mol. The van der Waals surface area contributed by atoms with Crippen molar-refractivity contribution in [2.24, 2.45) is 0 Å². The molecule has 146 valence electrons. The quantitative estimate of drug-likeness (QED) is 0.647. The molecule has 5 nitrogen and oxygen atoms in total. The summed E-state index contributed by atoms with van der Waals surface area (Å²) in [5, 5.41) is 0. The molecule has 0 spiro atoms. The van der Waals surface area contributed by atoms with Gasteiger partial charge < -0.3 is 9.64 Å². The van der Waals surface area contributed by atoms with E-state index < -0.39 is 11.6 Å². The van der Waals surface area contributed by atoms with E-state index >= 15 is 0 Å². The lowest BCUT2D eigenvalue weighted by molar-refractivity contribution is -0.177. The highest BCUT2D eigenvalue weighted by Gasteiger charge is 2.65. The number of rotatable bonds is 3. The van der Waals surface area contributed by atoms with Crippen molar-refractivity contribution < 1.29 is 9.53 Å². The Hall–Kier alpha value is -3.21. The molecule has 5 heteroatoms. The SMILES string of the molecule is Cc1cc(C)nc(O[C@@H]2C(=O)N3CCCc4ccccc4[C@@]23c2ccccc2)n1. The van der Waals surface area contributed by atoms with E-state index in [1.165, 1.54) is 5.56 Å². The maximum absolute atomic E-state index is 13.3. The number of nitrogens with zero attached hydrogens (tertiary/aromatic N) is 3. The summed E-state index contributed by atoms with van der Waals surface area (Å²) in [5.74, 6) is -0.00619. The number of ether oxygens (including phenoxy) is 1. The van der Waals surface area contributed by atoms with E-state index in [1.54, 1.807) is 0 Å². The van der Waals surface area contributed by atoms with Crippen molar-refractivity contribution >= 4 is 5.91 Å². The highest BCUT2D eigenvalue weighted by molar-refractivity contribution is 5.93. The molecule has 2 aromatic carbocycles. The van der Waals surface area contributed by atoms with Crippen LogP contribution in [0.4, 0.5) is 0 Å². The van der Waals surface area contributed by atoms with Crippen LogP contribution in [0.2, 0.25) is 0 Å². The smallest absolute Gasteiger partial charge is 0.317 e. The second kappa shape index (κ2) is 6.69. The van der Waals surface area contributed by atoms with Crippen molar-refractivity contribution in [1.82, 2.24) is 14.9 Å². The van der Waals surface area contributed by atoms with Gasteiger partial charge in [0.05, 0.1) is 0 Å². The number of β-lactam (4-membered cyclic amide) rings is 1. The number of fused-ring (bicyclic) bond motifs is 3. The molecule has 1 fully saturated rings. The number of aryl methyl sites for hydroxylation is 3. The van der Waals surface area contributed by atoms with Crippen LogP contribution in [0.3, 0.4) is 0 Å². The van der Waals surface area contributed by atoms with Gasteiger partial charge in [0.15, 0.2) is 0 Å². The van der Waals surface area contributed by atoms with Crippen LogP contribution in [0.1, 0.15) is 34.5 Å². The van der Waals surface area contributed by atoms with Crippen molar-refractivity contribution in [2.45, 2.75) is 38.3 Å². The second-order valence-electron chi connectivity index (χ2n) is 7.81. The highest BCUT2D eigenvalue weighted by Crippen LogP contribution is 2.51. The number of carbonyl (C=O) groups is 1. The van der Waals surface area contributed by atoms with E-state index in [2.05, 4.69) is 40.3 Å². The first kappa shape index (κ1) is 17.9. The first-order chi connectivity index (χ1) is 14.1. The van der Waals surface area contributed by atoms with Gasteiger partial charge in [-0.3, -0.25) is 4.79 Å². The maximum Gasteiger partial charge on any atom is 0.317 e. The topological polar surface area (TPSA) is 55.3 Å². The number of aromatic nitrogens is 2. The van der Waals surface area contributed by atoms with Gasteiger partial charge in [0, 0.05) is 17.9 Å². The Bertz CT molecular complexity index is 1060. The summed E-state index contributed by atoms with van der Waals surface area (Å²) in [4.78, 5) is 24.1. The monoisotopic (exact) mass is 385 g/mol. The van der Waals surface area contributed by atoms with Gasteiger partial charge in [0.25, 0.3) is 5.91 Å². The van der Waals surface area contributed by atoms with Crippen molar-refractivity contribution in [3.05, 3.63) is 88.7 Å². The molecule has 0 radical (unpaired) electrons. The molecule has 2 aliphatic rings. The Kier molecular flexibility index (Phi) is 4.12. The molecule has 3 heterocycles. The van der Waals surface area contributed by atoms with Crippen molar-refractivity contribution in [1.29, 1.82) is 0 Å². The Morgan fingerprint density at radius 3 is 2.45 bits per heavy atom. The zero-order valence-electron chi connectivity index (χ0n) is 16.6. The van der Waals surface area contributed by atoms with E-state index in [0.717, 1.165) is 35.4 Å². The van der Waals surface area contributed by atoms with Crippen LogP contribution in [0.15, 0.2) is 60.7 Å². The maximum atomic E-state index is 13.3. The minimum atomic E-state index is -0.689. The Morgan fingerprint density at radius 1 is 1.00 bits per heavy atom. The summed E-state index contributed by atoms with van der Waals surface area (Å²) in [6, 6.07) is 20.8. The molecule has 0 unspecified atom stereocenters. The average molecular weight is 385 g/mol. The third-order valence-electron chi connectivity index (χ3n) is 5.95. The molecule has 2 aliphatic heterocycles. The molecule has 1 saturated heterocycles. The summed E-state index contributed by atoms with van der Waals surface area (Å²) < 4.78 is 6.25. The number of amides is 1. The Labute approximate surface area is 170 Å². The number of carbonyl (C=O) groups excluding carboxylic acids is 1. The van der Waals surface area contributed by atoms with Gasteiger partial charge in [-0.15, -0.1) is 0 Å². The molecule has 1 amide bonds. The number of benzene rings is 2. The van der Waals surface area contributed by atoms with Crippen LogP contribution < -0.4 is 4.74 Å². The van der Waals surface area contributed by atoms with Gasteiger partial charge in [-0.1, -0.05) is 54.6 Å². The molecule has 5 rings (SSSR count). The minimum Gasteiger partial charge on any atom is -0.447 e. The Balaban J connectivity index is 1.70. The van der Waals surface area contributed by atoms with Gasteiger partial charge >= 0.3 is 6.01 Å². The normalized spacial score (nSPS) is 22.9. The predicted molar refractivity (Wildman–Crippen MR) is 110 cm³/mol. The van der Waals surface area contributed by atoms with Crippen LogP contribution >= 0.6 is 0 Å². The summed E-state index contributed by atoms with van der Waals surface area (Å²) >= 11 is 0. The van der Waals surface area contributed by atoms with E-state index in [1.807, 2.05) is 49.1 Å². The first-order valence-corrected chi connectivity index (χ1v) is 10.0. The molecule has 0 aliphatic carbocycles. The summed E-state index contributed by atoms with van der Waals surface area (Å²) in [5.41, 5.74) is 4.45. The van der Waals surface area contributed by atoms with Crippen LogP contribution in [0.25, 0.3) is 0 Å². The molecular formula is C24H23N3O2. The van der Waals surface area contributed by atoms with Gasteiger partial charge in [-0.05, 0) is 49.4 Å². The molecule has 3 aromatic rings. The fraction of sp³-hybridized carbons (Fsp3) is 0.292. The number of hydrogen-bond donors (Lipinski definition) is 0. The third-order valence-corrected chi connectivity index (χ3v) is 5.95.